The summed E-state index contributed by atoms with van der Waals surface area (Å²) >= 11 is 0. The highest BCUT2D eigenvalue weighted by Gasteiger charge is 2.36. The van der Waals surface area contributed by atoms with Crippen molar-refractivity contribution in [1.29, 1.82) is 5.26 Å². The Labute approximate surface area is 74.2 Å². The van der Waals surface area contributed by atoms with Crippen LogP contribution in [0.5, 0.6) is 0 Å². The van der Waals surface area contributed by atoms with E-state index in [0.29, 0.717) is 6.42 Å². The van der Waals surface area contributed by atoms with Crippen LogP contribution >= 0.6 is 0 Å². The fourth-order valence-corrected chi connectivity index (χ4v) is 1.35. The molecule has 0 radical (unpaired) electrons. The molecule has 1 aliphatic carbocycles. The van der Waals surface area contributed by atoms with E-state index in [1.54, 1.807) is 12.1 Å². The maximum atomic E-state index is 12.3. The standard InChI is InChI=1S/C9H8F3N/c1-6-7(5-13)3-2-4-8(6)9(10,11)12/h3H,2,4H2,1H3. The molecule has 0 spiro atoms. The van der Waals surface area contributed by atoms with Gasteiger partial charge in [-0.3, -0.25) is 0 Å². The summed E-state index contributed by atoms with van der Waals surface area (Å²) in [7, 11) is 0. The zero-order valence-corrected chi connectivity index (χ0v) is 7.07. The van der Waals surface area contributed by atoms with E-state index in [1.165, 1.54) is 6.92 Å². The number of halogens is 3. The molecule has 0 heterocycles. The molecule has 0 saturated carbocycles. The number of rotatable bonds is 0. The molecule has 0 N–H and O–H groups in total. The third kappa shape index (κ3) is 1.92. The molecular weight excluding hydrogens is 179 g/mol. The average Bonchev–Trinajstić information content (AvgIpc) is 2.02. The summed E-state index contributed by atoms with van der Waals surface area (Å²) in [6, 6.07) is 1.76. The van der Waals surface area contributed by atoms with Crippen LogP contribution in [0.1, 0.15) is 19.8 Å². The zero-order valence-electron chi connectivity index (χ0n) is 7.07. The molecule has 0 aliphatic heterocycles. The molecule has 0 aromatic carbocycles. The van der Waals surface area contributed by atoms with E-state index in [9.17, 15) is 13.2 Å². The predicted molar refractivity (Wildman–Crippen MR) is 41.7 cm³/mol. The Morgan fingerprint density at radius 3 is 2.54 bits per heavy atom. The highest BCUT2D eigenvalue weighted by Crippen LogP contribution is 2.36. The topological polar surface area (TPSA) is 23.8 Å². The lowest BCUT2D eigenvalue weighted by Gasteiger charge is -2.17. The molecule has 0 fully saturated rings. The van der Waals surface area contributed by atoms with Crippen LogP contribution in [0.2, 0.25) is 0 Å². The molecule has 0 amide bonds. The molecule has 0 unspecified atom stereocenters. The van der Waals surface area contributed by atoms with E-state index in [2.05, 4.69) is 0 Å². The van der Waals surface area contributed by atoms with Crippen LogP contribution in [0.4, 0.5) is 13.2 Å². The Balaban J connectivity index is 3.11. The van der Waals surface area contributed by atoms with Crippen LogP contribution in [-0.4, -0.2) is 6.18 Å². The summed E-state index contributed by atoms with van der Waals surface area (Å²) in [5, 5.41) is 8.53. The number of alkyl halides is 3. The van der Waals surface area contributed by atoms with Gasteiger partial charge in [0.05, 0.1) is 11.6 Å². The van der Waals surface area contributed by atoms with Gasteiger partial charge in [0.1, 0.15) is 0 Å². The van der Waals surface area contributed by atoms with Crippen LogP contribution in [0.3, 0.4) is 0 Å². The average molecular weight is 187 g/mol. The fourth-order valence-electron chi connectivity index (χ4n) is 1.35. The Morgan fingerprint density at radius 1 is 1.46 bits per heavy atom. The van der Waals surface area contributed by atoms with Crippen molar-refractivity contribution in [3.05, 3.63) is 22.8 Å². The van der Waals surface area contributed by atoms with E-state index in [-0.39, 0.29) is 17.6 Å². The van der Waals surface area contributed by atoms with Crippen LogP contribution in [0.15, 0.2) is 22.8 Å². The Hall–Kier alpha value is -1.24. The highest BCUT2D eigenvalue weighted by atomic mass is 19.4. The molecule has 1 nitrogen and oxygen atoms in total. The number of nitrogens with zero attached hydrogens (tertiary/aromatic N) is 1. The van der Waals surface area contributed by atoms with Crippen molar-refractivity contribution in [2.75, 3.05) is 0 Å². The van der Waals surface area contributed by atoms with Gasteiger partial charge in [-0.05, 0) is 25.3 Å². The second-order valence-electron chi connectivity index (χ2n) is 2.87. The number of nitriles is 1. The van der Waals surface area contributed by atoms with E-state index in [1.807, 2.05) is 0 Å². The van der Waals surface area contributed by atoms with Gasteiger partial charge in [-0.15, -0.1) is 0 Å². The minimum Gasteiger partial charge on any atom is -0.192 e. The van der Waals surface area contributed by atoms with Crippen molar-refractivity contribution in [3.63, 3.8) is 0 Å². The van der Waals surface area contributed by atoms with Gasteiger partial charge in [-0.25, -0.2) is 0 Å². The highest BCUT2D eigenvalue weighted by molar-refractivity contribution is 5.46. The zero-order chi connectivity index (χ0) is 10.1. The second-order valence-corrected chi connectivity index (χ2v) is 2.87. The molecule has 0 saturated heterocycles. The van der Waals surface area contributed by atoms with Gasteiger partial charge in [0.25, 0.3) is 0 Å². The molecule has 0 aromatic heterocycles. The van der Waals surface area contributed by atoms with Gasteiger partial charge < -0.3 is 0 Å². The van der Waals surface area contributed by atoms with Crippen molar-refractivity contribution < 1.29 is 13.2 Å². The normalized spacial score (nSPS) is 18.2. The first kappa shape index (κ1) is 9.85. The SMILES string of the molecule is CC1=C(C(F)(F)F)CCC=C1C#N. The summed E-state index contributed by atoms with van der Waals surface area (Å²) in [6.07, 6.45) is -2.46. The molecule has 1 aliphatic rings. The molecule has 4 heteroatoms. The summed E-state index contributed by atoms with van der Waals surface area (Å²) in [5.74, 6) is 0. The van der Waals surface area contributed by atoms with Crippen LogP contribution in [-0.2, 0) is 0 Å². The summed E-state index contributed by atoms with van der Waals surface area (Å²) in [6.45, 7) is 1.34. The first-order valence-electron chi connectivity index (χ1n) is 3.84. The Kier molecular flexibility index (Phi) is 2.46. The molecule has 0 aromatic rings. The van der Waals surface area contributed by atoms with Gasteiger partial charge in [-0.2, -0.15) is 18.4 Å². The van der Waals surface area contributed by atoms with Crippen molar-refractivity contribution in [2.45, 2.75) is 25.9 Å². The Bertz CT molecular complexity index is 315. The van der Waals surface area contributed by atoms with Gasteiger partial charge in [0.2, 0.25) is 0 Å². The lowest BCUT2D eigenvalue weighted by atomic mass is 9.92. The third-order valence-corrected chi connectivity index (χ3v) is 2.06. The monoisotopic (exact) mass is 187 g/mol. The van der Waals surface area contributed by atoms with Crippen molar-refractivity contribution >= 4 is 0 Å². The Morgan fingerprint density at radius 2 is 2.08 bits per heavy atom. The number of hydrogen-bond donors (Lipinski definition) is 0. The lowest BCUT2D eigenvalue weighted by Crippen LogP contribution is -2.16. The molecule has 0 atom stereocenters. The summed E-state index contributed by atoms with van der Waals surface area (Å²) < 4.78 is 36.9. The van der Waals surface area contributed by atoms with E-state index >= 15 is 0 Å². The maximum Gasteiger partial charge on any atom is 0.412 e. The molecule has 70 valence electrons. The van der Waals surface area contributed by atoms with Gasteiger partial charge in [-0.1, -0.05) is 6.08 Å². The van der Waals surface area contributed by atoms with Crippen LogP contribution in [0.25, 0.3) is 0 Å². The largest absolute Gasteiger partial charge is 0.412 e. The summed E-state index contributed by atoms with van der Waals surface area (Å²) in [4.78, 5) is 0. The molecule has 13 heavy (non-hydrogen) atoms. The van der Waals surface area contributed by atoms with E-state index in [0.717, 1.165) is 0 Å². The molecular formula is C9H8F3N. The quantitative estimate of drug-likeness (QED) is 0.571. The van der Waals surface area contributed by atoms with Crippen molar-refractivity contribution in [3.8, 4) is 6.07 Å². The van der Waals surface area contributed by atoms with Gasteiger partial charge >= 0.3 is 6.18 Å². The van der Waals surface area contributed by atoms with Gasteiger partial charge in [0, 0.05) is 5.57 Å². The molecule has 0 bridgehead atoms. The second kappa shape index (κ2) is 3.25. The smallest absolute Gasteiger partial charge is 0.192 e. The minimum absolute atomic E-state index is 0.0134. The van der Waals surface area contributed by atoms with Crippen molar-refractivity contribution in [2.24, 2.45) is 0 Å². The van der Waals surface area contributed by atoms with Crippen LogP contribution < -0.4 is 0 Å². The molecule has 1 rings (SSSR count). The summed E-state index contributed by atoms with van der Waals surface area (Å²) in [5.41, 5.74) is -0.341. The number of hydrogen-bond acceptors (Lipinski definition) is 1. The minimum atomic E-state index is -4.29. The maximum absolute atomic E-state index is 12.3. The van der Waals surface area contributed by atoms with Crippen molar-refractivity contribution in [1.82, 2.24) is 0 Å². The van der Waals surface area contributed by atoms with E-state index in [4.69, 9.17) is 5.26 Å². The first-order valence-corrected chi connectivity index (χ1v) is 3.84. The third-order valence-electron chi connectivity index (χ3n) is 2.06. The number of allylic oxidation sites excluding steroid dienone is 4. The van der Waals surface area contributed by atoms with E-state index < -0.39 is 11.7 Å². The predicted octanol–water partition coefficient (Wildman–Crippen LogP) is 3.11. The fraction of sp³-hybridized carbons (Fsp3) is 0.444. The van der Waals surface area contributed by atoms with Crippen LogP contribution in [0, 0.1) is 11.3 Å². The lowest BCUT2D eigenvalue weighted by molar-refractivity contribution is -0.0947. The first-order chi connectivity index (χ1) is 5.96. The van der Waals surface area contributed by atoms with Gasteiger partial charge in [0.15, 0.2) is 0 Å².